The minimum Gasteiger partial charge on any atom is -0.466 e. The summed E-state index contributed by atoms with van der Waals surface area (Å²) < 4.78 is 18.1. The van der Waals surface area contributed by atoms with Crippen molar-refractivity contribution in [3.63, 3.8) is 0 Å². The molecule has 1 aromatic rings. The van der Waals surface area contributed by atoms with E-state index in [1.807, 2.05) is 0 Å². The zero-order chi connectivity index (χ0) is 17.9. The Morgan fingerprint density at radius 2 is 2.21 bits per heavy atom. The third-order valence-corrected chi connectivity index (χ3v) is 3.91. The van der Waals surface area contributed by atoms with Crippen molar-refractivity contribution in [2.45, 2.75) is 46.0 Å². The average Bonchev–Trinajstić information content (AvgIpc) is 3.02. The van der Waals surface area contributed by atoms with Gasteiger partial charge < -0.3 is 10.1 Å². The van der Waals surface area contributed by atoms with E-state index in [4.69, 9.17) is 21.6 Å². The second-order valence-corrected chi connectivity index (χ2v) is 6.00. The number of rotatable bonds is 5. The number of aromatic nitrogens is 1. The van der Waals surface area contributed by atoms with Gasteiger partial charge >= 0.3 is 5.97 Å². The van der Waals surface area contributed by atoms with Gasteiger partial charge in [-0.2, -0.15) is 5.26 Å². The van der Waals surface area contributed by atoms with Gasteiger partial charge in [0.25, 0.3) is 0 Å². The van der Waals surface area contributed by atoms with Crippen molar-refractivity contribution in [1.29, 1.82) is 5.26 Å². The summed E-state index contributed by atoms with van der Waals surface area (Å²) in [6.45, 7) is 4.51. The summed E-state index contributed by atoms with van der Waals surface area (Å²) in [5.74, 6) is -0.127. The maximum absolute atomic E-state index is 13.4. The Morgan fingerprint density at radius 3 is 2.71 bits per heavy atom. The number of esters is 1. The molecule has 132 valence electrons. The molecule has 0 unspecified atom stereocenters. The highest BCUT2D eigenvalue weighted by Gasteiger charge is 2.10. The largest absolute Gasteiger partial charge is 0.466 e. The first-order chi connectivity index (χ1) is 11.5. The van der Waals surface area contributed by atoms with Crippen LogP contribution in [0.25, 0.3) is 0 Å². The van der Waals surface area contributed by atoms with Gasteiger partial charge in [0.2, 0.25) is 0 Å². The molecule has 0 saturated heterocycles. The van der Waals surface area contributed by atoms with Crippen LogP contribution >= 0.6 is 11.6 Å². The van der Waals surface area contributed by atoms with Crippen molar-refractivity contribution in [1.82, 2.24) is 4.98 Å². The molecule has 0 radical (unpaired) electrons. The number of nitrogens with zero attached hydrogens (tertiary/aromatic N) is 2. The van der Waals surface area contributed by atoms with Gasteiger partial charge in [-0.15, -0.1) is 0 Å². The minimum absolute atomic E-state index is 0.0369. The summed E-state index contributed by atoms with van der Waals surface area (Å²) in [4.78, 5) is 14.7. The van der Waals surface area contributed by atoms with Crippen molar-refractivity contribution < 1.29 is 13.9 Å². The predicted molar refractivity (Wildman–Crippen MR) is 91.3 cm³/mol. The zero-order valence-electron chi connectivity index (χ0n) is 14.1. The quantitative estimate of drug-likeness (QED) is 0.629. The molecule has 1 saturated carbocycles. The van der Waals surface area contributed by atoms with Gasteiger partial charge in [0.15, 0.2) is 11.6 Å². The lowest BCUT2D eigenvalue weighted by Gasteiger charge is -2.07. The van der Waals surface area contributed by atoms with Crippen LogP contribution in [0.15, 0.2) is 6.07 Å². The number of hydrogen-bond acceptors (Lipinski definition) is 5. The third-order valence-electron chi connectivity index (χ3n) is 3.62. The van der Waals surface area contributed by atoms with Crippen molar-refractivity contribution in [3.05, 3.63) is 22.6 Å². The second kappa shape index (κ2) is 10.8. The number of pyridine rings is 1. The molecule has 24 heavy (non-hydrogen) atoms. The van der Waals surface area contributed by atoms with Crippen LogP contribution < -0.4 is 5.32 Å². The number of ether oxygens (including phenoxy) is 1. The summed E-state index contributed by atoms with van der Waals surface area (Å²) in [5, 5.41) is 11.1. The van der Waals surface area contributed by atoms with Gasteiger partial charge in [0, 0.05) is 6.54 Å². The van der Waals surface area contributed by atoms with Gasteiger partial charge in [-0.3, -0.25) is 4.79 Å². The highest BCUT2D eigenvalue weighted by Crippen LogP contribution is 2.23. The molecule has 1 aliphatic carbocycles. The maximum Gasteiger partial charge on any atom is 0.307 e. The van der Waals surface area contributed by atoms with Crippen molar-refractivity contribution >= 4 is 23.4 Å². The van der Waals surface area contributed by atoms with Crippen molar-refractivity contribution in [3.8, 4) is 6.07 Å². The van der Waals surface area contributed by atoms with E-state index in [0.717, 1.165) is 12.0 Å². The highest BCUT2D eigenvalue weighted by atomic mass is 35.5. The SMILES string of the molecule is CC1CCCC1.CCOC(=O)CCNc1nc(Cl)c(C#N)cc1F. The monoisotopic (exact) mass is 355 g/mol. The van der Waals surface area contributed by atoms with Crippen LogP contribution in [0.4, 0.5) is 10.2 Å². The Balaban J connectivity index is 0.000000400. The molecule has 0 aliphatic heterocycles. The van der Waals surface area contributed by atoms with E-state index in [9.17, 15) is 9.18 Å². The van der Waals surface area contributed by atoms with E-state index in [-0.39, 0.29) is 35.5 Å². The number of halogens is 2. The van der Waals surface area contributed by atoms with Crippen LogP contribution in [0.2, 0.25) is 5.15 Å². The molecule has 0 spiro atoms. The fourth-order valence-corrected chi connectivity index (χ4v) is 2.50. The van der Waals surface area contributed by atoms with Gasteiger partial charge in [-0.05, 0) is 18.9 Å². The molecule has 2 rings (SSSR count). The number of anilines is 1. The number of nitriles is 1. The first-order valence-electron chi connectivity index (χ1n) is 8.13. The van der Waals surface area contributed by atoms with Gasteiger partial charge in [-0.25, -0.2) is 9.37 Å². The molecule has 0 amide bonds. The Hall–Kier alpha value is -1.87. The normalized spacial score (nSPS) is 13.6. The predicted octanol–water partition coefficient (Wildman–Crippen LogP) is 4.31. The topological polar surface area (TPSA) is 75.0 Å². The molecule has 1 fully saturated rings. The lowest BCUT2D eigenvalue weighted by Crippen LogP contribution is -2.13. The maximum atomic E-state index is 13.4. The van der Waals surface area contributed by atoms with Gasteiger partial charge in [0.1, 0.15) is 11.2 Å². The van der Waals surface area contributed by atoms with Crippen LogP contribution in [0.1, 0.15) is 51.5 Å². The van der Waals surface area contributed by atoms with E-state index in [2.05, 4.69) is 17.2 Å². The Kier molecular flexibility index (Phi) is 9.10. The fraction of sp³-hybridized carbons (Fsp3) is 0.588. The molecule has 1 aliphatic rings. The molecule has 1 N–H and O–H groups in total. The lowest BCUT2D eigenvalue weighted by atomic mass is 10.2. The molecule has 5 nitrogen and oxygen atoms in total. The number of carbonyl (C=O) groups is 1. The number of nitrogens with one attached hydrogen (secondary N) is 1. The molecule has 7 heteroatoms. The summed E-state index contributed by atoms with van der Waals surface area (Å²) in [6, 6.07) is 2.71. The molecular weight excluding hydrogens is 333 g/mol. The summed E-state index contributed by atoms with van der Waals surface area (Å²) in [7, 11) is 0. The summed E-state index contributed by atoms with van der Waals surface area (Å²) in [5.41, 5.74) is -0.0369. The van der Waals surface area contributed by atoms with E-state index in [0.29, 0.717) is 6.61 Å². The molecule has 0 atom stereocenters. The molecule has 1 aromatic heterocycles. The fourth-order valence-electron chi connectivity index (χ4n) is 2.31. The van der Waals surface area contributed by atoms with E-state index >= 15 is 0 Å². The van der Waals surface area contributed by atoms with Crippen LogP contribution in [-0.4, -0.2) is 24.1 Å². The van der Waals surface area contributed by atoms with E-state index in [1.165, 1.54) is 25.7 Å². The van der Waals surface area contributed by atoms with Gasteiger partial charge in [0.05, 0.1) is 18.6 Å². The number of hydrogen-bond donors (Lipinski definition) is 1. The lowest BCUT2D eigenvalue weighted by molar-refractivity contribution is -0.142. The minimum atomic E-state index is -0.695. The first kappa shape index (κ1) is 20.2. The second-order valence-electron chi connectivity index (χ2n) is 5.64. The first-order valence-corrected chi connectivity index (χ1v) is 8.51. The smallest absolute Gasteiger partial charge is 0.307 e. The molecule has 0 aromatic carbocycles. The van der Waals surface area contributed by atoms with Crippen LogP contribution in [0.3, 0.4) is 0 Å². The Morgan fingerprint density at radius 1 is 1.54 bits per heavy atom. The van der Waals surface area contributed by atoms with E-state index < -0.39 is 5.82 Å². The zero-order valence-corrected chi connectivity index (χ0v) is 14.8. The Bertz CT molecular complexity index is 584. The van der Waals surface area contributed by atoms with Crippen LogP contribution in [-0.2, 0) is 9.53 Å². The Labute approximate surface area is 147 Å². The highest BCUT2D eigenvalue weighted by molar-refractivity contribution is 6.30. The average molecular weight is 356 g/mol. The molecule has 0 bridgehead atoms. The molecule has 1 heterocycles. The van der Waals surface area contributed by atoms with Crippen molar-refractivity contribution in [2.24, 2.45) is 5.92 Å². The van der Waals surface area contributed by atoms with Crippen LogP contribution in [0.5, 0.6) is 0 Å². The number of carbonyl (C=O) groups excluding carboxylic acids is 1. The van der Waals surface area contributed by atoms with Crippen LogP contribution in [0, 0.1) is 23.1 Å². The van der Waals surface area contributed by atoms with Crippen molar-refractivity contribution in [2.75, 3.05) is 18.5 Å². The summed E-state index contributed by atoms with van der Waals surface area (Å²) in [6.07, 6.45) is 6.04. The van der Waals surface area contributed by atoms with E-state index in [1.54, 1.807) is 13.0 Å². The third kappa shape index (κ3) is 7.14. The standard InChI is InChI=1S/C11H11ClFN3O2.C6H12/c1-2-18-9(17)3-4-15-11-8(13)5-7(6-14)10(12)16-11;1-6-4-2-3-5-6/h5H,2-4H2,1H3,(H,15,16);6H,2-5H2,1H3. The molecular formula is C17H23ClFN3O2. The summed E-state index contributed by atoms with van der Waals surface area (Å²) >= 11 is 5.66. The van der Waals surface area contributed by atoms with Gasteiger partial charge in [-0.1, -0.05) is 44.2 Å².